The lowest BCUT2D eigenvalue weighted by Gasteiger charge is -2.12. The molecule has 2 aromatic rings. The molecule has 27 heavy (non-hydrogen) atoms. The Kier molecular flexibility index (Phi) is 7.37. The van der Waals surface area contributed by atoms with Crippen LogP contribution in [0, 0.1) is 6.92 Å². The number of hydrogen-bond acceptors (Lipinski definition) is 4. The summed E-state index contributed by atoms with van der Waals surface area (Å²) in [7, 11) is 0. The van der Waals surface area contributed by atoms with Gasteiger partial charge in [-0.1, -0.05) is 37.1 Å². The van der Waals surface area contributed by atoms with E-state index in [0.29, 0.717) is 17.3 Å². The molecule has 0 bridgehead atoms. The van der Waals surface area contributed by atoms with Crippen LogP contribution in [0.5, 0.6) is 0 Å². The monoisotopic (exact) mass is 388 g/mol. The van der Waals surface area contributed by atoms with E-state index in [4.69, 9.17) is 16.3 Å². The summed E-state index contributed by atoms with van der Waals surface area (Å²) in [6.45, 7) is 4.05. The highest BCUT2D eigenvalue weighted by Gasteiger charge is 2.19. The lowest BCUT2D eigenvalue weighted by Crippen LogP contribution is -2.30. The van der Waals surface area contributed by atoms with Crippen LogP contribution in [0.2, 0.25) is 5.02 Å². The maximum absolute atomic E-state index is 12.2. The molecule has 2 aromatic carbocycles. The lowest BCUT2D eigenvalue weighted by atomic mass is 10.1. The molecular weight excluding hydrogens is 368 g/mol. The second-order valence-corrected chi connectivity index (χ2v) is 6.34. The molecule has 2 rings (SSSR count). The number of ether oxygens (including phenoxy) is 1. The first-order chi connectivity index (χ1) is 12.9. The van der Waals surface area contributed by atoms with Gasteiger partial charge < -0.3 is 15.4 Å². The summed E-state index contributed by atoms with van der Waals surface area (Å²) in [5.41, 5.74) is 1.61. The Morgan fingerprint density at radius 3 is 2.33 bits per heavy atom. The Balaban J connectivity index is 2.06. The number of benzene rings is 2. The Morgan fingerprint density at radius 2 is 1.67 bits per heavy atom. The van der Waals surface area contributed by atoms with Gasteiger partial charge in [-0.2, -0.15) is 0 Å². The minimum atomic E-state index is -0.891. The first kappa shape index (κ1) is 20.5. The normalized spacial score (nSPS) is 10.2. The smallest absolute Gasteiger partial charge is 0.340 e. The molecule has 0 aromatic heterocycles. The number of rotatable bonds is 6. The zero-order chi connectivity index (χ0) is 19.8. The van der Waals surface area contributed by atoms with E-state index in [2.05, 4.69) is 10.6 Å². The summed E-state index contributed by atoms with van der Waals surface area (Å²) in [6.07, 6.45) is 1.65. The van der Waals surface area contributed by atoms with Crippen molar-refractivity contribution in [2.75, 3.05) is 17.2 Å². The average molecular weight is 389 g/mol. The Hall–Kier alpha value is -2.86. The quantitative estimate of drug-likeness (QED) is 0.441. The molecule has 142 valence electrons. The number of carbonyl (C=O) groups excluding carboxylic acids is 3. The Bertz CT molecular complexity index is 852. The number of aryl methyl sites for hydroxylation is 1. The van der Waals surface area contributed by atoms with E-state index >= 15 is 0 Å². The maximum atomic E-state index is 12.2. The highest BCUT2D eigenvalue weighted by Crippen LogP contribution is 2.20. The van der Waals surface area contributed by atoms with Gasteiger partial charge in [0.1, 0.15) is 0 Å². The molecule has 0 heterocycles. The zero-order valence-electron chi connectivity index (χ0n) is 15.2. The number of para-hydroxylation sites is 1. The van der Waals surface area contributed by atoms with E-state index < -0.39 is 17.8 Å². The van der Waals surface area contributed by atoms with E-state index in [0.717, 1.165) is 18.4 Å². The van der Waals surface area contributed by atoms with Crippen LogP contribution >= 0.6 is 11.6 Å². The summed E-state index contributed by atoms with van der Waals surface area (Å²) in [5.74, 6) is -2.29. The van der Waals surface area contributed by atoms with Gasteiger partial charge in [0.15, 0.2) is 0 Å². The van der Waals surface area contributed by atoms with Gasteiger partial charge in [0.2, 0.25) is 0 Å². The first-order valence-electron chi connectivity index (χ1n) is 8.57. The number of halogens is 1. The van der Waals surface area contributed by atoms with Crippen LogP contribution in [-0.4, -0.2) is 24.4 Å². The van der Waals surface area contributed by atoms with Crippen LogP contribution in [0.1, 0.15) is 35.7 Å². The highest BCUT2D eigenvalue weighted by molar-refractivity contribution is 6.44. The van der Waals surface area contributed by atoms with E-state index in [1.165, 1.54) is 12.1 Å². The standard InChI is InChI=1S/C20H21ClN2O4/c1-3-4-11-27-20(26)15-7-5-6-8-17(15)23-19(25)18(24)22-16-10-9-14(21)12-13(16)2/h5-10,12H,3-4,11H2,1-2H3,(H,22,24)(H,23,25). The largest absolute Gasteiger partial charge is 0.462 e. The minimum absolute atomic E-state index is 0.192. The predicted octanol–water partition coefficient (Wildman–Crippen LogP) is 4.18. The van der Waals surface area contributed by atoms with Gasteiger partial charge in [-0.25, -0.2) is 4.79 Å². The average Bonchev–Trinajstić information content (AvgIpc) is 2.64. The second-order valence-electron chi connectivity index (χ2n) is 5.90. The van der Waals surface area contributed by atoms with Gasteiger partial charge in [-0.05, 0) is 49.2 Å². The first-order valence-corrected chi connectivity index (χ1v) is 8.94. The number of unbranched alkanes of at least 4 members (excludes halogenated alkanes) is 1. The predicted molar refractivity (Wildman–Crippen MR) is 105 cm³/mol. The molecule has 7 heteroatoms. The van der Waals surface area contributed by atoms with Crippen molar-refractivity contribution >= 4 is 40.8 Å². The van der Waals surface area contributed by atoms with Crippen molar-refractivity contribution in [1.29, 1.82) is 0 Å². The van der Waals surface area contributed by atoms with Crippen LogP contribution in [0.25, 0.3) is 0 Å². The van der Waals surface area contributed by atoms with E-state index in [-0.39, 0.29) is 11.3 Å². The summed E-state index contributed by atoms with van der Waals surface area (Å²) >= 11 is 5.88. The molecule has 2 amide bonds. The number of esters is 1. The third-order valence-corrected chi connectivity index (χ3v) is 4.00. The van der Waals surface area contributed by atoms with Crippen molar-refractivity contribution in [2.45, 2.75) is 26.7 Å². The maximum Gasteiger partial charge on any atom is 0.340 e. The summed E-state index contributed by atoms with van der Waals surface area (Å²) < 4.78 is 5.17. The summed E-state index contributed by atoms with van der Waals surface area (Å²) in [5, 5.41) is 5.51. The number of anilines is 2. The SMILES string of the molecule is CCCCOC(=O)c1ccccc1NC(=O)C(=O)Nc1ccc(Cl)cc1C. The Morgan fingerprint density at radius 1 is 1.00 bits per heavy atom. The number of amides is 2. The van der Waals surface area contributed by atoms with Crippen LogP contribution in [0.15, 0.2) is 42.5 Å². The third kappa shape index (κ3) is 5.82. The van der Waals surface area contributed by atoms with Crippen LogP contribution in [-0.2, 0) is 14.3 Å². The van der Waals surface area contributed by atoms with E-state index in [9.17, 15) is 14.4 Å². The molecule has 0 aliphatic rings. The van der Waals surface area contributed by atoms with Crippen molar-refractivity contribution < 1.29 is 19.1 Å². The van der Waals surface area contributed by atoms with Crippen LogP contribution < -0.4 is 10.6 Å². The second kappa shape index (κ2) is 9.73. The van der Waals surface area contributed by atoms with Crippen molar-refractivity contribution in [2.24, 2.45) is 0 Å². The zero-order valence-corrected chi connectivity index (χ0v) is 15.9. The van der Waals surface area contributed by atoms with Crippen LogP contribution in [0.4, 0.5) is 11.4 Å². The molecule has 0 atom stereocenters. The number of carbonyl (C=O) groups is 3. The molecule has 0 spiro atoms. The molecule has 0 aliphatic carbocycles. The lowest BCUT2D eigenvalue weighted by molar-refractivity contribution is -0.133. The molecule has 0 aliphatic heterocycles. The summed E-state index contributed by atoms with van der Waals surface area (Å²) in [6, 6.07) is 11.3. The molecular formula is C20H21ClN2O4. The summed E-state index contributed by atoms with van der Waals surface area (Å²) in [4.78, 5) is 36.6. The van der Waals surface area contributed by atoms with Crippen LogP contribution in [0.3, 0.4) is 0 Å². The number of hydrogen-bond donors (Lipinski definition) is 2. The van der Waals surface area contributed by atoms with Gasteiger partial charge in [0.05, 0.1) is 17.9 Å². The van der Waals surface area contributed by atoms with Gasteiger partial charge >= 0.3 is 17.8 Å². The van der Waals surface area contributed by atoms with Gasteiger partial charge in [-0.15, -0.1) is 0 Å². The fourth-order valence-electron chi connectivity index (χ4n) is 2.28. The highest BCUT2D eigenvalue weighted by atomic mass is 35.5. The van der Waals surface area contributed by atoms with E-state index in [1.807, 2.05) is 6.92 Å². The van der Waals surface area contributed by atoms with Crippen molar-refractivity contribution in [3.63, 3.8) is 0 Å². The molecule has 0 saturated carbocycles. The van der Waals surface area contributed by atoms with Gasteiger partial charge in [0.25, 0.3) is 0 Å². The minimum Gasteiger partial charge on any atom is -0.462 e. The third-order valence-electron chi connectivity index (χ3n) is 3.77. The number of nitrogens with one attached hydrogen (secondary N) is 2. The van der Waals surface area contributed by atoms with E-state index in [1.54, 1.807) is 37.3 Å². The van der Waals surface area contributed by atoms with Crippen molar-refractivity contribution in [3.05, 3.63) is 58.6 Å². The molecule has 0 unspecified atom stereocenters. The molecule has 0 radical (unpaired) electrons. The Labute approximate surface area is 162 Å². The topological polar surface area (TPSA) is 84.5 Å². The van der Waals surface area contributed by atoms with Gasteiger partial charge in [0, 0.05) is 10.7 Å². The van der Waals surface area contributed by atoms with Crippen molar-refractivity contribution in [3.8, 4) is 0 Å². The fourth-order valence-corrected chi connectivity index (χ4v) is 2.51. The van der Waals surface area contributed by atoms with Crippen molar-refractivity contribution in [1.82, 2.24) is 0 Å². The van der Waals surface area contributed by atoms with Gasteiger partial charge in [-0.3, -0.25) is 9.59 Å². The fraction of sp³-hybridized carbons (Fsp3) is 0.250. The molecule has 6 nitrogen and oxygen atoms in total. The molecule has 0 fully saturated rings. The molecule has 0 saturated heterocycles. The molecule has 2 N–H and O–H groups in total.